The fraction of sp³-hybridized carbons (Fsp3) is 0.667. The summed E-state index contributed by atoms with van der Waals surface area (Å²) in [5.41, 5.74) is 0. The Labute approximate surface area is 80.3 Å². The monoisotopic (exact) mass is 201 g/mol. The van der Waals surface area contributed by atoms with Crippen molar-refractivity contribution in [2.75, 3.05) is 0 Å². The molecule has 0 bridgehead atoms. The van der Waals surface area contributed by atoms with Crippen molar-refractivity contribution in [1.29, 1.82) is 0 Å². The molecule has 0 aromatic heterocycles. The van der Waals surface area contributed by atoms with E-state index in [4.69, 9.17) is 0 Å². The molecule has 1 radical (unpaired) electrons. The van der Waals surface area contributed by atoms with E-state index in [1.165, 1.54) is 0 Å². The molecular weight excluding hydrogens is 193 g/mol. The summed E-state index contributed by atoms with van der Waals surface area (Å²) in [6.07, 6.45) is 4.27. The number of hydrogen-bond donors (Lipinski definition) is 0. The van der Waals surface area contributed by atoms with Crippen LogP contribution in [0.5, 0.6) is 0 Å². The summed E-state index contributed by atoms with van der Waals surface area (Å²) in [6, 6.07) is 0. The van der Waals surface area contributed by atoms with E-state index in [1.54, 1.807) is 12.6 Å². The Hall–Kier alpha value is 0.444. The summed E-state index contributed by atoms with van der Waals surface area (Å²) < 4.78 is 0. The molecule has 0 saturated carbocycles. The second-order valence-electron chi connectivity index (χ2n) is 1.57. The second-order valence-corrected chi connectivity index (χ2v) is 1.57. The fourth-order valence-electron chi connectivity index (χ4n) is 0.370. The minimum absolute atomic E-state index is 0. The minimum Gasteiger partial charge on any atom is -0.542 e. The van der Waals surface area contributed by atoms with Crippen molar-refractivity contribution in [3.8, 4) is 0 Å². The van der Waals surface area contributed by atoms with Crippen LogP contribution in [0.4, 0.5) is 0 Å². The summed E-state index contributed by atoms with van der Waals surface area (Å²) in [6.45, 7) is 1.84. The van der Waals surface area contributed by atoms with E-state index in [-0.39, 0.29) is 45.0 Å². The molecule has 0 heterocycles. The van der Waals surface area contributed by atoms with Crippen molar-refractivity contribution in [3.63, 3.8) is 0 Å². The predicted molar refractivity (Wildman–Crippen MR) is 29.8 cm³/mol. The van der Waals surface area contributed by atoms with Gasteiger partial charge in [-0.2, -0.15) is 12.3 Å². The molecule has 0 aliphatic rings. The van der Waals surface area contributed by atoms with E-state index in [0.717, 1.165) is 0 Å². The average Bonchev–Trinajstić information content (AvgIpc) is 1.83. The zero-order chi connectivity index (χ0) is 6.41. The Morgan fingerprint density at radius 1 is 1.44 bits per heavy atom. The molecule has 0 fully saturated rings. The van der Waals surface area contributed by atoms with Crippen LogP contribution in [-0.4, -0.2) is 12.6 Å². The largest absolute Gasteiger partial charge is 0.542 e. The van der Waals surface area contributed by atoms with Crippen LogP contribution in [0.15, 0.2) is 0 Å². The molecular formula is C6H8O2Y-2. The maximum Gasteiger partial charge on any atom is 0 e. The van der Waals surface area contributed by atoms with Crippen molar-refractivity contribution in [1.82, 2.24) is 0 Å². The zero-order valence-corrected chi connectivity index (χ0v) is 8.22. The topological polar surface area (TPSA) is 34.1 Å². The molecule has 2 nitrogen and oxygen atoms in total. The normalized spacial score (nSPS) is 11.2. The quantitative estimate of drug-likeness (QED) is 0.624. The fourth-order valence-corrected chi connectivity index (χ4v) is 0.370. The number of rotatable bonds is 4. The number of hydrogen-bond acceptors (Lipinski definition) is 2. The number of carbonyl (C=O) groups excluding carboxylic acids is 2. The summed E-state index contributed by atoms with van der Waals surface area (Å²) in [5.74, 6) is -0.229. The Bertz CT molecular complexity index is 83.1. The standard InChI is InChI=1S/C6H8O2.Y/c1-2-6(5-8)3-4-7;/h6H,2-3H2,1H3;/q-2;. The second kappa shape index (κ2) is 8.44. The van der Waals surface area contributed by atoms with E-state index in [1.807, 2.05) is 6.92 Å². The molecule has 0 N–H and O–H groups in total. The van der Waals surface area contributed by atoms with Gasteiger partial charge in [0.2, 0.25) is 0 Å². The van der Waals surface area contributed by atoms with Gasteiger partial charge in [0.15, 0.2) is 0 Å². The van der Waals surface area contributed by atoms with Crippen LogP contribution >= 0.6 is 0 Å². The molecule has 0 aromatic rings. The minimum atomic E-state index is -0.229. The van der Waals surface area contributed by atoms with Crippen LogP contribution in [0.2, 0.25) is 0 Å². The molecule has 0 amide bonds. The van der Waals surface area contributed by atoms with E-state index in [9.17, 15) is 9.59 Å². The molecule has 3 heteroatoms. The van der Waals surface area contributed by atoms with Crippen molar-refractivity contribution in [2.24, 2.45) is 5.92 Å². The van der Waals surface area contributed by atoms with Crippen LogP contribution in [0.3, 0.4) is 0 Å². The van der Waals surface area contributed by atoms with Gasteiger partial charge in [-0.3, -0.25) is 12.6 Å². The van der Waals surface area contributed by atoms with Gasteiger partial charge in [0, 0.05) is 32.7 Å². The van der Waals surface area contributed by atoms with Crippen molar-refractivity contribution < 1.29 is 42.3 Å². The van der Waals surface area contributed by atoms with Gasteiger partial charge in [-0.05, 0) is 0 Å². The Morgan fingerprint density at radius 3 is 2.11 bits per heavy atom. The summed E-state index contributed by atoms with van der Waals surface area (Å²) in [4.78, 5) is 19.5. The van der Waals surface area contributed by atoms with E-state index in [0.29, 0.717) is 6.42 Å². The van der Waals surface area contributed by atoms with Gasteiger partial charge in [-0.1, -0.05) is 13.3 Å². The van der Waals surface area contributed by atoms with E-state index >= 15 is 0 Å². The first-order valence-electron chi connectivity index (χ1n) is 2.57. The molecule has 1 unspecified atom stereocenters. The van der Waals surface area contributed by atoms with Gasteiger partial charge in [0.25, 0.3) is 0 Å². The summed E-state index contributed by atoms with van der Waals surface area (Å²) in [5, 5.41) is 0. The third kappa shape index (κ3) is 6.33. The molecule has 0 aromatic carbocycles. The third-order valence-electron chi connectivity index (χ3n) is 0.989. The van der Waals surface area contributed by atoms with Crippen LogP contribution in [-0.2, 0) is 42.3 Å². The SMILES string of the molecule is CCC([C-]=O)C[C-]=O.[Y]. The van der Waals surface area contributed by atoms with E-state index in [2.05, 4.69) is 0 Å². The maximum atomic E-state index is 9.82. The average molecular weight is 201 g/mol. The molecule has 9 heavy (non-hydrogen) atoms. The molecule has 0 aliphatic heterocycles. The zero-order valence-electron chi connectivity index (χ0n) is 5.39. The summed E-state index contributed by atoms with van der Waals surface area (Å²) in [7, 11) is 0. The molecule has 1 atom stereocenters. The molecule has 0 rings (SSSR count). The van der Waals surface area contributed by atoms with E-state index < -0.39 is 0 Å². The Kier molecular flexibility index (Phi) is 11.4. The van der Waals surface area contributed by atoms with Gasteiger partial charge >= 0.3 is 0 Å². The van der Waals surface area contributed by atoms with Crippen LogP contribution in [0.25, 0.3) is 0 Å². The summed E-state index contributed by atoms with van der Waals surface area (Å²) >= 11 is 0. The van der Waals surface area contributed by atoms with Crippen LogP contribution in [0.1, 0.15) is 19.8 Å². The van der Waals surface area contributed by atoms with Gasteiger partial charge in [0.1, 0.15) is 0 Å². The molecule has 0 spiro atoms. The third-order valence-corrected chi connectivity index (χ3v) is 0.989. The van der Waals surface area contributed by atoms with Gasteiger partial charge in [-0.15, -0.1) is 0 Å². The Balaban J connectivity index is 0. The first-order valence-corrected chi connectivity index (χ1v) is 2.57. The van der Waals surface area contributed by atoms with Gasteiger partial charge < -0.3 is 9.59 Å². The first-order chi connectivity index (χ1) is 3.85. The Morgan fingerprint density at radius 2 is 2.00 bits per heavy atom. The van der Waals surface area contributed by atoms with Crippen molar-refractivity contribution in [3.05, 3.63) is 0 Å². The van der Waals surface area contributed by atoms with Crippen molar-refractivity contribution >= 4 is 12.6 Å². The van der Waals surface area contributed by atoms with Crippen LogP contribution < -0.4 is 0 Å². The molecule has 0 aliphatic carbocycles. The molecule has 0 saturated heterocycles. The van der Waals surface area contributed by atoms with Gasteiger partial charge in [-0.25, -0.2) is 0 Å². The smallest absolute Gasteiger partial charge is 0 e. The maximum absolute atomic E-state index is 9.82. The molecule has 49 valence electrons. The predicted octanol–water partition coefficient (Wildman–Crippen LogP) is 0.620. The van der Waals surface area contributed by atoms with Crippen molar-refractivity contribution in [2.45, 2.75) is 19.8 Å². The van der Waals surface area contributed by atoms with Gasteiger partial charge in [0.05, 0.1) is 0 Å². The van der Waals surface area contributed by atoms with Crippen LogP contribution in [0, 0.1) is 5.92 Å². The first kappa shape index (κ1) is 12.2.